The molecule has 0 aromatic rings. The van der Waals surface area contributed by atoms with Crippen LogP contribution >= 0.6 is 0 Å². The number of likely N-dealkylation sites (tertiary alicyclic amines) is 1. The predicted molar refractivity (Wildman–Crippen MR) is 60.3 cm³/mol. The molecular weight excluding hydrogens is 188 g/mol. The second-order valence-electron chi connectivity index (χ2n) is 5.41. The molecule has 1 unspecified atom stereocenters. The quantitative estimate of drug-likeness (QED) is 0.748. The van der Waals surface area contributed by atoms with Crippen molar-refractivity contribution in [2.24, 2.45) is 17.1 Å². The topological polar surface area (TPSA) is 46.3 Å². The van der Waals surface area contributed by atoms with Crippen LogP contribution in [0.25, 0.3) is 0 Å². The zero-order valence-electron chi connectivity index (χ0n) is 9.67. The van der Waals surface area contributed by atoms with Gasteiger partial charge in [-0.25, -0.2) is 0 Å². The molecule has 1 aliphatic carbocycles. The van der Waals surface area contributed by atoms with Crippen LogP contribution in [0.3, 0.4) is 0 Å². The first-order valence-electron chi connectivity index (χ1n) is 6.15. The van der Waals surface area contributed by atoms with E-state index in [1.807, 2.05) is 4.90 Å². The molecule has 1 saturated heterocycles. The summed E-state index contributed by atoms with van der Waals surface area (Å²) < 4.78 is 0. The molecule has 1 saturated carbocycles. The number of amides is 1. The summed E-state index contributed by atoms with van der Waals surface area (Å²) in [4.78, 5) is 14.4. The Morgan fingerprint density at radius 2 is 2.13 bits per heavy atom. The summed E-state index contributed by atoms with van der Waals surface area (Å²) in [6.45, 7) is 4.68. The van der Waals surface area contributed by atoms with Crippen LogP contribution in [0.4, 0.5) is 0 Å². The summed E-state index contributed by atoms with van der Waals surface area (Å²) in [6, 6.07) is 0. The number of nitrogens with two attached hydrogens (primary N) is 1. The second-order valence-corrected chi connectivity index (χ2v) is 5.41. The fraction of sp³-hybridized carbons (Fsp3) is 0.917. The largest absolute Gasteiger partial charge is 0.342 e. The van der Waals surface area contributed by atoms with E-state index in [2.05, 4.69) is 6.92 Å². The molecule has 2 N–H and O–H groups in total. The molecule has 2 fully saturated rings. The van der Waals surface area contributed by atoms with Gasteiger partial charge in [-0.2, -0.15) is 0 Å². The Morgan fingerprint density at radius 3 is 2.67 bits per heavy atom. The van der Waals surface area contributed by atoms with Gasteiger partial charge in [0.15, 0.2) is 0 Å². The molecule has 86 valence electrons. The molecule has 1 heterocycles. The lowest BCUT2D eigenvalue weighted by Gasteiger charge is -2.28. The third kappa shape index (κ3) is 2.03. The van der Waals surface area contributed by atoms with Gasteiger partial charge in [-0.05, 0) is 31.7 Å². The average Bonchev–Trinajstić information content (AvgIpc) is 2.85. The molecule has 1 atom stereocenters. The van der Waals surface area contributed by atoms with Gasteiger partial charge in [-0.15, -0.1) is 0 Å². The van der Waals surface area contributed by atoms with E-state index in [4.69, 9.17) is 5.73 Å². The summed E-state index contributed by atoms with van der Waals surface area (Å²) in [5.74, 6) is 0.926. The molecule has 0 spiro atoms. The number of hydrogen-bond acceptors (Lipinski definition) is 2. The van der Waals surface area contributed by atoms with Gasteiger partial charge < -0.3 is 10.6 Å². The highest BCUT2D eigenvalue weighted by Gasteiger charge is 2.40. The Labute approximate surface area is 92.0 Å². The monoisotopic (exact) mass is 210 g/mol. The SMILES string of the molecule is CC1(C(=O)N2CCC(CN)C2)CCCC1. The van der Waals surface area contributed by atoms with E-state index >= 15 is 0 Å². The molecule has 2 rings (SSSR count). The van der Waals surface area contributed by atoms with Crippen molar-refractivity contribution in [3.8, 4) is 0 Å². The molecule has 1 amide bonds. The molecule has 15 heavy (non-hydrogen) atoms. The van der Waals surface area contributed by atoms with Gasteiger partial charge >= 0.3 is 0 Å². The fourth-order valence-electron chi connectivity index (χ4n) is 2.96. The van der Waals surface area contributed by atoms with Crippen LogP contribution in [0.2, 0.25) is 0 Å². The highest BCUT2D eigenvalue weighted by Crippen LogP contribution is 2.40. The summed E-state index contributed by atoms with van der Waals surface area (Å²) in [5.41, 5.74) is 5.59. The molecule has 0 aromatic heterocycles. The van der Waals surface area contributed by atoms with Crippen LogP contribution in [0, 0.1) is 11.3 Å². The predicted octanol–water partition coefficient (Wildman–Crippen LogP) is 1.37. The second kappa shape index (κ2) is 4.12. The first-order valence-corrected chi connectivity index (χ1v) is 6.15. The van der Waals surface area contributed by atoms with Gasteiger partial charge in [-0.3, -0.25) is 4.79 Å². The van der Waals surface area contributed by atoms with Crippen molar-refractivity contribution < 1.29 is 4.79 Å². The maximum Gasteiger partial charge on any atom is 0.228 e. The standard InChI is InChI=1S/C12H22N2O/c1-12(5-2-3-6-12)11(15)14-7-4-10(8-13)9-14/h10H,2-9,13H2,1H3. The van der Waals surface area contributed by atoms with E-state index < -0.39 is 0 Å². The third-order valence-electron chi connectivity index (χ3n) is 4.13. The van der Waals surface area contributed by atoms with Gasteiger partial charge in [-0.1, -0.05) is 19.8 Å². The van der Waals surface area contributed by atoms with Crippen LogP contribution in [-0.4, -0.2) is 30.4 Å². The molecule has 3 nitrogen and oxygen atoms in total. The minimum absolute atomic E-state index is 0.0521. The lowest BCUT2D eigenvalue weighted by molar-refractivity contribution is -0.139. The van der Waals surface area contributed by atoms with E-state index in [0.717, 1.165) is 38.9 Å². The van der Waals surface area contributed by atoms with E-state index in [-0.39, 0.29) is 5.41 Å². The molecule has 0 radical (unpaired) electrons. The molecular formula is C12H22N2O. The molecule has 0 bridgehead atoms. The summed E-state index contributed by atoms with van der Waals surface area (Å²) in [5, 5.41) is 0. The number of nitrogens with zero attached hydrogens (tertiary/aromatic N) is 1. The normalized spacial score (nSPS) is 29.7. The minimum atomic E-state index is -0.0521. The van der Waals surface area contributed by atoms with Crippen molar-refractivity contribution >= 4 is 5.91 Å². The first kappa shape index (κ1) is 10.9. The molecule has 2 aliphatic rings. The highest BCUT2D eigenvalue weighted by atomic mass is 16.2. The fourth-order valence-corrected chi connectivity index (χ4v) is 2.96. The number of rotatable bonds is 2. The van der Waals surface area contributed by atoms with Crippen LogP contribution in [0.5, 0.6) is 0 Å². The zero-order valence-corrected chi connectivity index (χ0v) is 9.67. The number of hydrogen-bond donors (Lipinski definition) is 1. The Morgan fingerprint density at radius 1 is 1.47 bits per heavy atom. The van der Waals surface area contributed by atoms with Crippen molar-refractivity contribution in [1.82, 2.24) is 4.90 Å². The van der Waals surface area contributed by atoms with Crippen molar-refractivity contribution in [2.45, 2.75) is 39.0 Å². The molecule has 3 heteroatoms. The summed E-state index contributed by atoms with van der Waals surface area (Å²) in [6.07, 6.45) is 5.69. The Kier molecular flexibility index (Phi) is 3.01. The Bertz CT molecular complexity index is 246. The smallest absolute Gasteiger partial charge is 0.228 e. The van der Waals surface area contributed by atoms with Crippen molar-refractivity contribution in [3.63, 3.8) is 0 Å². The molecule has 0 aromatic carbocycles. The lowest BCUT2D eigenvalue weighted by Crippen LogP contribution is -2.40. The summed E-state index contributed by atoms with van der Waals surface area (Å²) >= 11 is 0. The van der Waals surface area contributed by atoms with E-state index in [0.29, 0.717) is 11.8 Å². The number of carbonyl (C=O) groups excluding carboxylic acids is 1. The third-order valence-corrected chi connectivity index (χ3v) is 4.13. The number of carbonyl (C=O) groups is 1. The lowest BCUT2D eigenvalue weighted by atomic mass is 9.87. The Balaban J connectivity index is 1.96. The van der Waals surface area contributed by atoms with Crippen LogP contribution in [0.15, 0.2) is 0 Å². The summed E-state index contributed by atoms with van der Waals surface area (Å²) in [7, 11) is 0. The van der Waals surface area contributed by atoms with Gasteiger partial charge in [0.2, 0.25) is 5.91 Å². The Hall–Kier alpha value is -0.570. The first-order chi connectivity index (χ1) is 7.15. The van der Waals surface area contributed by atoms with Crippen molar-refractivity contribution in [3.05, 3.63) is 0 Å². The van der Waals surface area contributed by atoms with Crippen molar-refractivity contribution in [2.75, 3.05) is 19.6 Å². The van der Waals surface area contributed by atoms with Crippen LogP contribution in [-0.2, 0) is 4.79 Å². The zero-order chi connectivity index (χ0) is 10.9. The van der Waals surface area contributed by atoms with E-state index in [9.17, 15) is 4.79 Å². The van der Waals surface area contributed by atoms with Gasteiger partial charge in [0.25, 0.3) is 0 Å². The highest BCUT2D eigenvalue weighted by molar-refractivity contribution is 5.82. The van der Waals surface area contributed by atoms with Gasteiger partial charge in [0.05, 0.1) is 0 Å². The van der Waals surface area contributed by atoms with Gasteiger partial charge in [0.1, 0.15) is 0 Å². The van der Waals surface area contributed by atoms with Gasteiger partial charge in [0, 0.05) is 18.5 Å². The van der Waals surface area contributed by atoms with Crippen LogP contribution < -0.4 is 5.73 Å². The van der Waals surface area contributed by atoms with Crippen LogP contribution in [0.1, 0.15) is 39.0 Å². The maximum absolute atomic E-state index is 12.3. The average molecular weight is 210 g/mol. The van der Waals surface area contributed by atoms with E-state index in [1.54, 1.807) is 0 Å². The van der Waals surface area contributed by atoms with Crippen molar-refractivity contribution in [1.29, 1.82) is 0 Å². The maximum atomic E-state index is 12.3. The molecule has 1 aliphatic heterocycles. The minimum Gasteiger partial charge on any atom is -0.342 e. The van der Waals surface area contributed by atoms with E-state index in [1.165, 1.54) is 12.8 Å².